The lowest BCUT2D eigenvalue weighted by Crippen LogP contribution is -2.26. The van der Waals surface area contributed by atoms with Crippen molar-refractivity contribution in [2.45, 2.75) is 19.3 Å². The molecule has 1 aromatic carbocycles. The van der Waals surface area contributed by atoms with E-state index in [1.807, 2.05) is 12.1 Å². The van der Waals surface area contributed by atoms with Crippen LogP contribution in [0.15, 0.2) is 48.7 Å². The molecule has 2 aromatic rings. The number of methoxy groups -OCH3 is 1. The average Bonchev–Trinajstić information content (AvgIpc) is 2.63. The molecule has 2 rings (SSSR count). The molecule has 0 aliphatic rings. The first-order valence-electron chi connectivity index (χ1n) is 8.30. The molecule has 0 fully saturated rings. The maximum Gasteiger partial charge on any atom is 0.269 e. The summed E-state index contributed by atoms with van der Waals surface area (Å²) in [6, 6.07) is 14.1. The van der Waals surface area contributed by atoms with Gasteiger partial charge in [-0.2, -0.15) is 0 Å². The van der Waals surface area contributed by atoms with E-state index in [2.05, 4.69) is 39.9 Å². The first kappa shape index (κ1) is 17.9. The van der Waals surface area contributed by atoms with E-state index in [-0.39, 0.29) is 5.91 Å². The van der Waals surface area contributed by atoms with Crippen LogP contribution in [-0.4, -0.2) is 37.7 Å². The summed E-state index contributed by atoms with van der Waals surface area (Å²) >= 11 is 0. The maximum atomic E-state index is 11.9. The maximum absolute atomic E-state index is 11.9. The molecule has 2 N–H and O–H groups in total. The first-order valence-corrected chi connectivity index (χ1v) is 8.30. The molecule has 1 amide bonds. The number of pyridine rings is 1. The zero-order chi connectivity index (χ0) is 17.0. The van der Waals surface area contributed by atoms with Crippen LogP contribution in [0, 0.1) is 0 Å². The molecule has 0 atom stereocenters. The van der Waals surface area contributed by atoms with E-state index in [1.165, 1.54) is 5.56 Å². The second-order valence-corrected chi connectivity index (χ2v) is 5.55. The van der Waals surface area contributed by atoms with Crippen molar-refractivity contribution in [1.29, 1.82) is 0 Å². The van der Waals surface area contributed by atoms with Gasteiger partial charge in [-0.25, -0.2) is 4.98 Å². The van der Waals surface area contributed by atoms with Gasteiger partial charge in [0.15, 0.2) is 0 Å². The van der Waals surface area contributed by atoms with Crippen LogP contribution in [0.2, 0.25) is 0 Å². The summed E-state index contributed by atoms with van der Waals surface area (Å²) in [5.41, 5.74) is 2.71. The molecule has 0 aliphatic heterocycles. The van der Waals surface area contributed by atoms with Crippen molar-refractivity contribution in [2.75, 3.05) is 32.1 Å². The summed E-state index contributed by atoms with van der Waals surface area (Å²) in [5, 5.41) is 6.15. The Morgan fingerprint density at radius 1 is 1.08 bits per heavy atom. The molecular weight excluding hydrogens is 302 g/mol. The third-order valence-corrected chi connectivity index (χ3v) is 3.62. The molecule has 0 aliphatic carbocycles. The number of benzene rings is 1. The third-order valence-electron chi connectivity index (χ3n) is 3.62. The number of anilines is 1. The minimum atomic E-state index is -0.151. The smallest absolute Gasteiger partial charge is 0.269 e. The fraction of sp³-hybridized carbons (Fsp3) is 0.368. The Hall–Kier alpha value is -2.40. The van der Waals surface area contributed by atoms with Gasteiger partial charge in [-0.1, -0.05) is 30.3 Å². The Morgan fingerprint density at radius 2 is 1.92 bits per heavy atom. The lowest BCUT2D eigenvalue weighted by Gasteiger charge is -2.08. The quantitative estimate of drug-likeness (QED) is 0.659. The molecule has 128 valence electrons. The second kappa shape index (κ2) is 10.4. The lowest BCUT2D eigenvalue weighted by molar-refractivity contribution is 0.0943. The predicted molar refractivity (Wildman–Crippen MR) is 96.3 cm³/mol. The van der Waals surface area contributed by atoms with E-state index in [9.17, 15) is 4.79 Å². The van der Waals surface area contributed by atoms with Crippen molar-refractivity contribution in [1.82, 2.24) is 10.3 Å². The molecule has 0 radical (unpaired) electrons. The Kier molecular flexibility index (Phi) is 7.77. The molecule has 1 heterocycles. The minimum absolute atomic E-state index is 0.151. The van der Waals surface area contributed by atoms with Crippen molar-refractivity contribution >= 4 is 11.6 Å². The predicted octanol–water partition coefficient (Wildman–Crippen LogP) is 2.89. The zero-order valence-electron chi connectivity index (χ0n) is 14.1. The Balaban J connectivity index is 1.68. The van der Waals surface area contributed by atoms with Gasteiger partial charge < -0.3 is 15.4 Å². The van der Waals surface area contributed by atoms with Crippen LogP contribution in [-0.2, 0) is 11.2 Å². The number of ether oxygens (including phenoxy) is 1. The van der Waals surface area contributed by atoms with Gasteiger partial charge in [0, 0.05) is 26.8 Å². The fourth-order valence-corrected chi connectivity index (χ4v) is 2.31. The largest absolute Gasteiger partial charge is 0.385 e. The summed E-state index contributed by atoms with van der Waals surface area (Å²) in [6.45, 7) is 2.10. The Bertz CT molecular complexity index is 600. The summed E-state index contributed by atoms with van der Waals surface area (Å²) in [6.07, 6.45) is 4.59. The third kappa shape index (κ3) is 6.38. The van der Waals surface area contributed by atoms with Crippen molar-refractivity contribution < 1.29 is 9.53 Å². The van der Waals surface area contributed by atoms with Gasteiger partial charge in [0.05, 0.1) is 11.9 Å². The van der Waals surface area contributed by atoms with Crippen molar-refractivity contribution in [2.24, 2.45) is 0 Å². The first-order chi connectivity index (χ1) is 11.8. The highest BCUT2D eigenvalue weighted by Crippen LogP contribution is 2.08. The fourth-order valence-electron chi connectivity index (χ4n) is 2.31. The standard InChI is InChI=1S/C19H25N3O2/c1-24-14-6-13-21-19(23)18-11-10-17(15-22-18)20-12-5-9-16-7-3-2-4-8-16/h2-4,7-8,10-11,15,20H,5-6,9,12-14H2,1H3,(H,21,23). The monoisotopic (exact) mass is 327 g/mol. The van der Waals surface area contributed by atoms with Gasteiger partial charge in [0.1, 0.15) is 5.69 Å². The molecule has 0 bridgehead atoms. The molecular formula is C19H25N3O2. The number of carbonyl (C=O) groups excluding carboxylic acids is 1. The molecule has 1 aromatic heterocycles. The molecule has 24 heavy (non-hydrogen) atoms. The molecule has 0 unspecified atom stereocenters. The molecule has 5 nitrogen and oxygen atoms in total. The highest BCUT2D eigenvalue weighted by atomic mass is 16.5. The van der Waals surface area contributed by atoms with Gasteiger partial charge >= 0.3 is 0 Å². The number of nitrogens with one attached hydrogen (secondary N) is 2. The van der Waals surface area contributed by atoms with Crippen molar-refractivity contribution in [3.05, 3.63) is 59.9 Å². The van der Waals surface area contributed by atoms with E-state index < -0.39 is 0 Å². The topological polar surface area (TPSA) is 63.2 Å². The number of rotatable bonds is 10. The highest BCUT2D eigenvalue weighted by molar-refractivity contribution is 5.92. The van der Waals surface area contributed by atoms with Crippen LogP contribution in [0.5, 0.6) is 0 Å². The summed E-state index contributed by atoms with van der Waals surface area (Å²) in [4.78, 5) is 16.1. The van der Waals surface area contributed by atoms with Crippen LogP contribution < -0.4 is 10.6 Å². The highest BCUT2D eigenvalue weighted by Gasteiger charge is 2.06. The van der Waals surface area contributed by atoms with E-state index in [0.717, 1.165) is 31.5 Å². The number of aryl methyl sites for hydroxylation is 1. The van der Waals surface area contributed by atoms with Gasteiger partial charge in [0.2, 0.25) is 0 Å². The average molecular weight is 327 g/mol. The number of nitrogens with zero attached hydrogens (tertiary/aromatic N) is 1. The number of amides is 1. The summed E-state index contributed by atoms with van der Waals surface area (Å²) in [5.74, 6) is -0.151. The van der Waals surface area contributed by atoms with Crippen LogP contribution in [0.25, 0.3) is 0 Å². The normalized spacial score (nSPS) is 10.4. The van der Waals surface area contributed by atoms with Gasteiger partial charge in [0.25, 0.3) is 5.91 Å². The van der Waals surface area contributed by atoms with Crippen molar-refractivity contribution in [3.8, 4) is 0 Å². The van der Waals surface area contributed by atoms with E-state index in [1.54, 1.807) is 19.4 Å². The molecule has 0 saturated carbocycles. The van der Waals surface area contributed by atoms with Gasteiger partial charge in [-0.3, -0.25) is 4.79 Å². The van der Waals surface area contributed by atoms with E-state index in [0.29, 0.717) is 18.8 Å². The van der Waals surface area contributed by atoms with Crippen LogP contribution in [0.3, 0.4) is 0 Å². The lowest BCUT2D eigenvalue weighted by atomic mass is 10.1. The number of hydrogen-bond donors (Lipinski definition) is 2. The molecule has 0 saturated heterocycles. The Morgan fingerprint density at radius 3 is 2.62 bits per heavy atom. The van der Waals surface area contributed by atoms with Crippen LogP contribution in [0.1, 0.15) is 28.9 Å². The molecule has 5 heteroatoms. The summed E-state index contributed by atoms with van der Waals surface area (Å²) < 4.78 is 4.94. The Labute approximate surface area is 143 Å². The summed E-state index contributed by atoms with van der Waals surface area (Å²) in [7, 11) is 1.65. The minimum Gasteiger partial charge on any atom is -0.385 e. The SMILES string of the molecule is COCCCNC(=O)c1ccc(NCCCc2ccccc2)cn1. The number of carbonyl (C=O) groups is 1. The van der Waals surface area contributed by atoms with Gasteiger partial charge in [-0.15, -0.1) is 0 Å². The van der Waals surface area contributed by atoms with Crippen LogP contribution in [0.4, 0.5) is 5.69 Å². The molecule has 0 spiro atoms. The van der Waals surface area contributed by atoms with Crippen LogP contribution >= 0.6 is 0 Å². The second-order valence-electron chi connectivity index (χ2n) is 5.55. The van der Waals surface area contributed by atoms with E-state index in [4.69, 9.17) is 4.74 Å². The van der Waals surface area contributed by atoms with Gasteiger partial charge in [-0.05, 0) is 37.0 Å². The zero-order valence-corrected chi connectivity index (χ0v) is 14.1. The number of hydrogen-bond acceptors (Lipinski definition) is 4. The van der Waals surface area contributed by atoms with Crippen molar-refractivity contribution in [3.63, 3.8) is 0 Å². The number of aromatic nitrogens is 1. The van der Waals surface area contributed by atoms with E-state index >= 15 is 0 Å².